The lowest BCUT2D eigenvalue weighted by Gasteiger charge is -1.98. The number of nitrogens with zero attached hydrogens (tertiary/aromatic N) is 3. The Balaban J connectivity index is 2.48. The van der Waals surface area contributed by atoms with Crippen molar-refractivity contribution in [2.75, 3.05) is 0 Å². The van der Waals surface area contributed by atoms with Crippen LogP contribution in [-0.2, 0) is 0 Å². The van der Waals surface area contributed by atoms with E-state index in [4.69, 9.17) is 0 Å². The van der Waals surface area contributed by atoms with E-state index in [9.17, 15) is 0 Å². The van der Waals surface area contributed by atoms with Gasteiger partial charge in [0.25, 0.3) is 0 Å². The summed E-state index contributed by atoms with van der Waals surface area (Å²) in [6.07, 6.45) is 4.98. The molecule has 2 aromatic heterocycles. The third-order valence-electron chi connectivity index (χ3n) is 1.57. The SMILES string of the molecule is Brc1cccc(-c2cncnc2)n1. The van der Waals surface area contributed by atoms with Gasteiger partial charge in [-0.2, -0.15) is 0 Å². The van der Waals surface area contributed by atoms with E-state index in [0.717, 1.165) is 15.9 Å². The van der Waals surface area contributed by atoms with Gasteiger partial charge in [-0.1, -0.05) is 6.07 Å². The Hall–Kier alpha value is -1.29. The standard InChI is InChI=1S/C9H6BrN3/c10-9-3-1-2-8(13-9)7-4-11-6-12-5-7/h1-6H. The van der Waals surface area contributed by atoms with Gasteiger partial charge in [-0.25, -0.2) is 15.0 Å². The van der Waals surface area contributed by atoms with Gasteiger partial charge >= 0.3 is 0 Å². The van der Waals surface area contributed by atoms with Crippen molar-refractivity contribution in [3.8, 4) is 11.3 Å². The molecule has 0 radical (unpaired) electrons. The van der Waals surface area contributed by atoms with Crippen molar-refractivity contribution >= 4 is 15.9 Å². The molecule has 0 fully saturated rings. The fraction of sp³-hybridized carbons (Fsp3) is 0. The van der Waals surface area contributed by atoms with E-state index in [1.165, 1.54) is 6.33 Å². The maximum Gasteiger partial charge on any atom is 0.115 e. The van der Waals surface area contributed by atoms with Gasteiger partial charge in [0.15, 0.2) is 0 Å². The Morgan fingerprint density at radius 2 is 1.85 bits per heavy atom. The van der Waals surface area contributed by atoms with Crippen LogP contribution < -0.4 is 0 Å². The van der Waals surface area contributed by atoms with Crippen LogP contribution in [0.3, 0.4) is 0 Å². The molecule has 2 heterocycles. The third-order valence-corrected chi connectivity index (χ3v) is 2.01. The Morgan fingerprint density at radius 1 is 1.08 bits per heavy atom. The molecule has 3 nitrogen and oxygen atoms in total. The van der Waals surface area contributed by atoms with Crippen LogP contribution in [0.25, 0.3) is 11.3 Å². The molecular formula is C9H6BrN3. The number of rotatable bonds is 1. The Morgan fingerprint density at radius 3 is 2.54 bits per heavy atom. The lowest BCUT2D eigenvalue weighted by Crippen LogP contribution is -1.85. The van der Waals surface area contributed by atoms with Crippen molar-refractivity contribution in [1.29, 1.82) is 0 Å². The molecule has 0 bridgehead atoms. The second-order valence-electron chi connectivity index (χ2n) is 2.47. The maximum absolute atomic E-state index is 4.28. The van der Waals surface area contributed by atoms with Gasteiger partial charge in [0.2, 0.25) is 0 Å². The number of halogens is 1. The van der Waals surface area contributed by atoms with E-state index < -0.39 is 0 Å². The molecule has 0 atom stereocenters. The minimum absolute atomic E-state index is 0.814. The summed E-state index contributed by atoms with van der Waals surface area (Å²) in [6.45, 7) is 0. The first-order valence-corrected chi connectivity index (χ1v) is 4.53. The number of pyridine rings is 1. The molecule has 0 aromatic carbocycles. The molecule has 0 spiro atoms. The zero-order chi connectivity index (χ0) is 9.10. The summed E-state index contributed by atoms with van der Waals surface area (Å²) in [5, 5.41) is 0. The molecule has 0 saturated carbocycles. The van der Waals surface area contributed by atoms with Crippen LogP contribution in [0.4, 0.5) is 0 Å². The normalized spacial score (nSPS) is 9.92. The smallest absolute Gasteiger partial charge is 0.115 e. The molecule has 0 unspecified atom stereocenters. The predicted octanol–water partition coefficient (Wildman–Crippen LogP) is 2.30. The largest absolute Gasteiger partial charge is 0.244 e. The van der Waals surface area contributed by atoms with Gasteiger partial charge < -0.3 is 0 Å². The monoisotopic (exact) mass is 235 g/mol. The summed E-state index contributed by atoms with van der Waals surface area (Å²) in [5.41, 5.74) is 1.79. The van der Waals surface area contributed by atoms with Crippen molar-refractivity contribution in [2.24, 2.45) is 0 Å². The molecule has 0 saturated heterocycles. The molecule has 2 rings (SSSR count). The van der Waals surface area contributed by atoms with Crippen molar-refractivity contribution in [2.45, 2.75) is 0 Å². The highest BCUT2D eigenvalue weighted by molar-refractivity contribution is 9.10. The van der Waals surface area contributed by atoms with Crippen molar-refractivity contribution < 1.29 is 0 Å². The van der Waals surface area contributed by atoms with Crippen LogP contribution >= 0.6 is 15.9 Å². The van der Waals surface area contributed by atoms with Crippen LogP contribution in [0.5, 0.6) is 0 Å². The fourth-order valence-corrected chi connectivity index (χ4v) is 1.34. The predicted molar refractivity (Wildman–Crippen MR) is 53.0 cm³/mol. The van der Waals surface area contributed by atoms with Gasteiger partial charge in [-0.3, -0.25) is 0 Å². The zero-order valence-corrected chi connectivity index (χ0v) is 8.27. The minimum Gasteiger partial charge on any atom is -0.244 e. The quantitative estimate of drug-likeness (QED) is 0.713. The Labute approximate surface area is 84.0 Å². The Kier molecular flexibility index (Phi) is 2.31. The molecule has 2 aromatic rings. The highest BCUT2D eigenvalue weighted by atomic mass is 79.9. The molecule has 4 heteroatoms. The van der Waals surface area contributed by atoms with E-state index >= 15 is 0 Å². The van der Waals surface area contributed by atoms with E-state index in [-0.39, 0.29) is 0 Å². The van der Waals surface area contributed by atoms with Gasteiger partial charge in [0, 0.05) is 18.0 Å². The number of hydrogen-bond acceptors (Lipinski definition) is 3. The van der Waals surface area contributed by atoms with Crippen LogP contribution in [0.2, 0.25) is 0 Å². The van der Waals surface area contributed by atoms with E-state index in [1.807, 2.05) is 18.2 Å². The minimum atomic E-state index is 0.814. The molecule has 0 aliphatic heterocycles. The summed E-state index contributed by atoms with van der Waals surface area (Å²) in [4.78, 5) is 12.1. The van der Waals surface area contributed by atoms with Crippen LogP contribution in [0, 0.1) is 0 Å². The van der Waals surface area contributed by atoms with Gasteiger partial charge in [0.05, 0.1) is 5.69 Å². The summed E-state index contributed by atoms with van der Waals surface area (Å²) in [7, 11) is 0. The number of aromatic nitrogens is 3. The van der Waals surface area contributed by atoms with Crippen LogP contribution in [0.1, 0.15) is 0 Å². The topological polar surface area (TPSA) is 38.7 Å². The third kappa shape index (κ3) is 1.89. The summed E-state index contributed by atoms with van der Waals surface area (Å²) < 4.78 is 0.814. The van der Waals surface area contributed by atoms with E-state index in [0.29, 0.717) is 0 Å². The fourth-order valence-electron chi connectivity index (χ4n) is 1.00. The highest BCUT2D eigenvalue weighted by Crippen LogP contribution is 2.16. The molecule has 0 aliphatic rings. The lowest BCUT2D eigenvalue weighted by molar-refractivity contribution is 1.15. The zero-order valence-electron chi connectivity index (χ0n) is 6.68. The molecule has 0 N–H and O–H groups in total. The first-order chi connectivity index (χ1) is 6.36. The van der Waals surface area contributed by atoms with Crippen LogP contribution in [0.15, 0.2) is 41.5 Å². The van der Waals surface area contributed by atoms with Gasteiger partial charge in [0.1, 0.15) is 10.9 Å². The average Bonchev–Trinajstić information content (AvgIpc) is 2.19. The van der Waals surface area contributed by atoms with Gasteiger partial charge in [-0.15, -0.1) is 0 Å². The van der Waals surface area contributed by atoms with E-state index in [2.05, 4.69) is 30.9 Å². The second-order valence-corrected chi connectivity index (χ2v) is 3.29. The molecule has 0 amide bonds. The van der Waals surface area contributed by atoms with E-state index in [1.54, 1.807) is 12.4 Å². The Bertz CT molecular complexity index is 403. The van der Waals surface area contributed by atoms with Crippen molar-refractivity contribution in [3.63, 3.8) is 0 Å². The summed E-state index contributed by atoms with van der Waals surface area (Å²) in [5.74, 6) is 0. The van der Waals surface area contributed by atoms with Crippen molar-refractivity contribution in [1.82, 2.24) is 15.0 Å². The first-order valence-electron chi connectivity index (χ1n) is 3.74. The molecular weight excluding hydrogens is 230 g/mol. The average molecular weight is 236 g/mol. The highest BCUT2D eigenvalue weighted by Gasteiger charge is 1.98. The second kappa shape index (κ2) is 3.62. The molecule has 0 aliphatic carbocycles. The summed E-state index contributed by atoms with van der Waals surface area (Å²) in [6, 6.07) is 5.73. The molecule has 64 valence electrons. The molecule has 13 heavy (non-hydrogen) atoms. The lowest BCUT2D eigenvalue weighted by atomic mass is 10.2. The first kappa shape index (κ1) is 8.31. The van der Waals surface area contributed by atoms with Crippen LogP contribution in [-0.4, -0.2) is 15.0 Å². The summed E-state index contributed by atoms with van der Waals surface area (Å²) >= 11 is 3.31. The van der Waals surface area contributed by atoms with Gasteiger partial charge in [-0.05, 0) is 28.1 Å². The number of hydrogen-bond donors (Lipinski definition) is 0. The maximum atomic E-state index is 4.28. The van der Waals surface area contributed by atoms with Crippen molar-refractivity contribution in [3.05, 3.63) is 41.5 Å².